The molecule has 20 heavy (non-hydrogen) atoms. The van der Waals surface area contributed by atoms with Gasteiger partial charge in [0.05, 0.1) is 5.56 Å². The van der Waals surface area contributed by atoms with Crippen LogP contribution in [0.25, 0.3) is 10.8 Å². The molecule has 2 nitrogen and oxygen atoms in total. The topological polar surface area (TPSA) is 40.5 Å². The summed E-state index contributed by atoms with van der Waals surface area (Å²) in [6.45, 7) is 3.81. The van der Waals surface area contributed by atoms with Gasteiger partial charge in [0.25, 0.3) is 0 Å². The van der Waals surface area contributed by atoms with Crippen molar-refractivity contribution in [2.45, 2.75) is 25.9 Å². The Bertz CT molecular complexity index is 636. The van der Waals surface area contributed by atoms with Crippen molar-refractivity contribution in [2.75, 3.05) is 0 Å². The van der Waals surface area contributed by atoms with E-state index in [1.165, 1.54) is 12.1 Å². The van der Waals surface area contributed by atoms with Gasteiger partial charge in [-0.15, -0.1) is 0 Å². The first kappa shape index (κ1) is 14.9. The van der Waals surface area contributed by atoms with Gasteiger partial charge in [-0.25, -0.2) is 0 Å². The third-order valence-electron chi connectivity index (χ3n) is 3.25. The molecule has 0 amide bonds. The van der Waals surface area contributed by atoms with E-state index in [0.717, 1.165) is 17.7 Å². The van der Waals surface area contributed by atoms with Gasteiger partial charge in [-0.1, -0.05) is 32.0 Å². The quantitative estimate of drug-likeness (QED) is 0.831. The Hall–Kier alpha value is -1.53. The van der Waals surface area contributed by atoms with Crippen molar-refractivity contribution >= 4 is 23.4 Å². The monoisotopic (exact) mass is 282 g/mol. The summed E-state index contributed by atoms with van der Waals surface area (Å²) in [5.41, 5.74) is 0.240. The predicted molar refractivity (Wildman–Crippen MR) is 72.9 cm³/mol. The lowest BCUT2D eigenvalue weighted by molar-refractivity contribution is -0.137. The van der Waals surface area contributed by atoms with Crippen LogP contribution in [-0.2, 0) is 6.18 Å². The summed E-state index contributed by atoms with van der Waals surface area (Å²) in [5, 5.41) is 19.6. The van der Waals surface area contributed by atoms with Crippen LogP contribution in [0.5, 0.6) is 0 Å². The minimum atomic E-state index is -4.42. The minimum Gasteiger partial charge on any atom is -0.423 e. The Morgan fingerprint density at radius 2 is 1.70 bits per heavy atom. The average Bonchev–Trinajstić information content (AvgIpc) is 2.35. The van der Waals surface area contributed by atoms with E-state index in [1.807, 2.05) is 13.8 Å². The number of benzene rings is 2. The van der Waals surface area contributed by atoms with Crippen molar-refractivity contribution in [3.8, 4) is 0 Å². The molecule has 0 saturated carbocycles. The highest BCUT2D eigenvalue weighted by Crippen LogP contribution is 2.33. The lowest BCUT2D eigenvalue weighted by atomic mass is 9.77. The van der Waals surface area contributed by atoms with Crippen molar-refractivity contribution in [1.29, 1.82) is 0 Å². The number of halogens is 3. The molecule has 2 rings (SSSR count). The second-order valence-electron chi connectivity index (χ2n) is 5.07. The van der Waals surface area contributed by atoms with Crippen molar-refractivity contribution in [3.05, 3.63) is 41.5 Å². The minimum absolute atomic E-state index is 0.0629. The van der Waals surface area contributed by atoms with Gasteiger partial charge in [0.2, 0.25) is 0 Å². The van der Waals surface area contributed by atoms with Crippen LogP contribution in [0.3, 0.4) is 0 Å². The number of fused-ring (bicyclic) bond motifs is 1. The molecule has 0 spiro atoms. The van der Waals surface area contributed by atoms with Crippen LogP contribution in [0, 0.1) is 0 Å². The highest BCUT2D eigenvalue weighted by Gasteiger charge is 2.30. The molecule has 2 aromatic carbocycles. The largest absolute Gasteiger partial charge is 0.488 e. The molecule has 2 N–H and O–H groups in total. The molecule has 106 valence electrons. The van der Waals surface area contributed by atoms with Crippen LogP contribution >= 0.6 is 0 Å². The van der Waals surface area contributed by atoms with Gasteiger partial charge in [-0.2, -0.15) is 13.2 Å². The van der Waals surface area contributed by atoms with Crippen molar-refractivity contribution in [1.82, 2.24) is 0 Å². The van der Waals surface area contributed by atoms with Crippen LogP contribution in [0.15, 0.2) is 30.3 Å². The van der Waals surface area contributed by atoms with Gasteiger partial charge >= 0.3 is 13.3 Å². The summed E-state index contributed by atoms with van der Waals surface area (Å²) in [6, 6.07) is 6.50. The number of rotatable bonds is 2. The molecule has 0 heterocycles. The van der Waals surface area contributed by atoms with E-state index in [9.17, 15) is 23.2 Å². The molecule has 0 saturated heterocycles. The van der Waals surface area contributed by atoms with Gasteiger partial charge < -0.3 is 10.0 Å². The molecule has 0 atom stereocenters. The zero-order valence-corrected chi connectivity index (χ0v) is 11.1. The van der Waals surface area contributed by atoms with Gasteiger partial charge in [-0.3, -0.25) is 0 Å². The van der Waals surface area contributed by atoms with Gasteiger partial charge in [-0.05, 0) is 39.8 Å². The zero-order valence-electron chi connectivity index (χ0n) is 11.1. The Balaban J connectivity index is 2.74. The maximum atomic E-state index is 12.7. The van der Waals surface area contributed by atoms with Gasteiger partial charge in [0.15, 0.2) is 0 Å². The molecule has 0 bridgehead atoms. The van der Waals surface area contributed by atoms with E-state index in [-0.39, 0.29) is 11.4 Å². The van der Waals surface area contributed by atoms with E-state index in [0.29, 0.717) is 10.8 Å². The van der Waals surface area contributed by atoms with E-state index in [4.69, 9.17) is 0 Å². The van der Waals surface area contributed by atoms with Crippen LogP contribution in [0.2, 0.25) is 0 Å². The predicted octanol–water partition coefficient (Wildman–Crippen LogP) is 2.66. The molecule has 6 heteroatoms. The smallest absolute Gasteiger partial charge is 0.423 e. The number of hydrogen-bond acceptors (Lipinski definition) is 2. The summed E-state index contributed by atoms with van der Waals surface area (Å²) in [4.78, 5) is 0. The fraction of sp³-hybridized carbons (Fsp3) is 0.286. The third kappa shape index (κ3) is 2.81. The summed E-state index contributed by atoms with van der Waals surface area (Å²) in [5.74, 6) is 0.0629. The lowest BCUT2D eigenvalue weighted by Crippen LogP contribution is -2.30. The van der Waals surface area contributed by atoms with E-state index >= 15 is 0 Å². The van der Waals surface area contributed by atoms with E-state index in [2.05, 4.69) is 0 Å². The first-order chi connectivity index (χ1) is 9.20. The van der Waals surface area contributed by atoms with Crippen LogP contribution in [-0.4, -0.2) is 17.2 Å². The highest BCUT2D eigenvalue weighted by molar-refractivity contribution is 6.59. The highest BCUT2D eigenvalue weighted by atomic mass is 19.4. The Morgan fingerprint density at radius 1 is 1.05 bits per heavy atom. The lowest BCUT2D eigenvalue weighted by Gasteiger charge is -2.15. The van der Waals surface area contributed by atoms with Crippen molar-refractivity contribution in [3.63, 3.8) is 0 Å². The summed E-state index contributed by atoms with van der Waals surface area (Å²) >= 11 is 0. The maximum absolute atomic E-state index is 12.7. The van der Waals surface area contributed by atoms with E-state index in [1.54, 1.807) is 6.07 Å². The van der Waals surface area contributed by atoms with Gasteiger partial charge in [0.1, 0.15) is 0 Å². The fourth-order valence-corrected chi connectivity index (χ4v) is 2.23. The average molecular weight is 282 g/mol. The second-order valence-corrected chi connectivity index (χ2v) is 5.07. The molecule has 0 aliphatic heterocycles. The first-order valence-electron chi connectivity index (χ1n) is 6.21. The molecular formula is C14H14BF3O2. The number of hydrogen-bond donors (Lipinski definition) is 2. The van der Waals surface area contributed by atoms with E-state index < -0.39 is 18.9 Å². The second kappa shape index (κ2) is 5.11. The van der Waals surface area contributed by atoms with Crippen LogP contribution < -0.4 is 5.46 Å². The molecule has 0 aliphatic carbocycles. The molecule has 0 unspecified atom stereocenters. The SMILES string of the molecule is CC(C)c1cc(B(O)O)cc2cc(C(F)(F)F)ccc12. The Kier molecular flexibility index (Phi) is 3.80. The van der Waals surface area contributed by atoms with Crippen molar-refractivity contribution in [2.24, 2.45) is 0 Å². The molecule has 0 radical (unpaired) electrons. The van der Waals surface area contributed by atoms with Crippen LogP contribution in [0.1, 0.15) is 30.9 Å². The Morgan fingerprint density at radius 3 is 2.20 bits per heavy atom. The third-order valence-corrected chi connectivity index (χ3v) is 3.25. The summed E-state index contributed by atoms with van der Waals surface area (Å²) in [7, 11) is -1.70. The molecule has 0 fully saturated rings. The van der Waals surface area contributed by atoms with Crippen molar-refractivity contribution < 1.29 is 23.2 Å². The molecule has 0 aromatic heterocycles. The molecule has 2 aromatic rings. The fourth-order valence-electron chi connectivity index (χ4n) is 2.23. The first-order valence-corrected chi connectivity index (χ1v) is 6.21. The van der Waals surface area contributed by atoms with Crippen LogP contribution in [0.4, 0.5) is 13.2 Å². The molecule has 0 aliphatic rings. The zero-order chi connectivity index (χ0) is 15.1. The Labute approximate surface area is 115 Å². The maximum Gasteiger partial charge on any atom is 0.488 e. The summed E-state index contributed by atoms with van der Waals surface area (Å²) in [6.07, 6.45) is -4.42. The normalized spacial score (nSPS) is 12.2. The number of alkyl halides is 3. The standard InChI is InChI=1S/C14H14BF3O2/c1-8(2)13-7-11(15(19)20)6-9-5-10(14(16,17)18)3-4-12(9)13/h3-8,19-20H,1-2H3. The van der Waals surface area contributed by atoms with Gasteiger partial charge in [0, 0.05) is 0 Å². The summed E-state index contributed by atoms with van der Waals surface area (Å²) < 4.78 is 38.2. The molecular weight excluding hydrogens is 268 g/mol.